The molecule has 2 amide bonds. The normalized spacial score (nSPS) is 23.2. The highest BCUT2D eigenvalue weighted by Gasteiger charge is 2.51. The van der Waals surface area contributed by atoms with Crippen molar-refractivity contribution < 1.29 is 23.6 Å². The molecule has 39 heavy (non-hydrogen) atoms. The lowest BCUT2D eigenvalue weighted by molar-refractivity contribution is -0.135. The van der Waals surface area contributed by atoms with Gasteiger partial charge in [-0.15, -0.1) is 0 Å². The summed E-state index contributed by atoms with van der Waals surface area (Å²) < 4.78 is 17.2. The second-order valence-corrected chi connectivity index (χ2v) is 11.8. The number of nitrogens with zero attached hydrogens (tertiary/aromatic N) is 2. The number of carbonyl (C=O) groups excluding carboxylic acids is 2. The third kappa shape index (κ3) is 5.49. The van der Waals surface area contributed by atoms with Gasteiger partial charge in [-0.2, -0.15) is 0 Å². The standard InChI is InChI=1S/C29H39BN4O5/c1-28(2)29(3,4)39-30(38-28)21-15-13-19(14-16-21)22-18-31-25(32-22)23-12-9-17-34(23)26(35)24(33-27(36)37-5)20-10-7-6-8-11-20/h9,12-16,18,20,23-24H,6-8,10-11,17H2,1-5H3,(H,31,32)(H,33,36)/t23-,24?/m0/s1. The lowest BCUT2D eigenvalue weighted by Crippen LogP contribution is -2.52. The van der Waals surface area contributed by atoms with Gasteiger partial charge in [0.15, 0.2) is 0 Å². The third-order valence-electron chi connectivity index (χ3n) is 8.70. The van der Waals surface area contributed by atoms with Gasteiger partial charge in [0.1, 0.15) is 17.9 Å². The number of ether oxygens (including phenoxy) is 1. The van der Waals surface area contributed by atoms with Crippen LogP contribution < -0.4 is 10.8 Å². The first-order valence-corrected chi connectivity index (χ1v) is 13.9. The van der Waals surface area contributed by atoms with E-state index in [2.05, 4.69) is 10.3 Å². The van der Waals surface area contributed by atoms with Crippen LogP contribution in [0.5, 0.6) is 0 Å². The fraction of sp³-hybridized carbons (Fsp3) is 0.552. The zero-order valence-electron chi connectivity index (χ0n) is 23.5. The second kappa shape index (κ2) is 10.8. The molecule has 2 atom stereocenters. The van der Waals surface area contributed by atoms with Crippen LogP contribution in [-0.2, 0) is 18.8 Å². The number of alkyl carbamates (subject to hydrolysis) is 1. The summed E-state index contributed by atoms with van der Waals surface area (Å²) in [4.78, 5) is 35.8. The predicted molar refractivity (Wildman–Crippen MR) is 149 cm³/mol. The van der Waals surface area contributed by atoms with E-state index >= 15 is 0 Å². The Balaban J connectivity index is 1.31. The molecule has 5 rings (SSSR count). The smallest absolute Gasteiger partial charge is 0.453 e. The van der Waals surface area contributed by atoms with Gasteiger partial charge in [-0.1, -0.05) is 55.7 Å². The molecule has 0 spiro atoms. The molecule has 2 fully saturated rings. The number of H-pyrrole nitrogens is 1. The largest absolute Gasteiger partial charge is 0.494 e. The van der Waals surface area contributed by atoms with E-state index in [4.69, 9.17) is 19.0 Å². The van der Waals surface area contributed by atoms with E-state index in [-0.39, 0.29) is 17.9 Å². The van der Waals surface area contributed by atoms with Crippen LogP contribution in [0.3, 0.4) is 0 Å². The molecule has 3 aliphatic rings. The van der Waals surface area contributed by atoms with E-state index in [1.165, 1.54) is 7.11 Å². The Morgan fingerprint density at radius 1 is 1.10 bits per heavy atom. The van der Waals surface area contributed by atoms with Crippen LogP contribution in [0, 0.1) is 5.92 Å². The van der Waals surface area contributed by atoms with E-state index in [9.17, 15) is 9.59 Å². The highest BCUT2D eigenvalue weighted by Crippen LogP contribution is 2.37. The zero-order chi connectivity index (χ0) is 27.8. The third-order valence-corrected chi connectivity index (χ3v) is 8.70. The molecule has 1 aromatic heterocycles. The number of amides is 2. The number of imidazole rings is 1. The molecule has 2 aliphatic heterocycles. The number of rotatable bonds is 6. The minimum Gasteiger partial charge on any atom is -0.453 e. The predicted octanol–water partition coefficient (Wildman–Crippen LogP) is 4.12. The van der Waals surface area contributed by atoms with Gasteiger partial charge in [0.2, 0.25) is 5.91 Å². The molecule has 2 N–H and O–H groups in total. The van der Waals surface area contributed by atoms with Gasteiger partial charge in [0, 0.05) is 18.3 Å². The van der Waals surface area contributed by atoms with Crippen molar-refractivity contribution >= 4 is 24.6 Å². The molecule has 2 aromatic rings. The number of carbonyl (C=O) groups is 2. The molecule has 1 aliphatic carbocycles. The molecule has 0 bridgehead atoms. The Morgan fingerprint density at radius 3 is 2.41 bits per heavy atom. The van der Waals surface area contributed by atoms with Gasteiger partial charge in [-0.25, -0.2) is 9.78 Å². The Labute approximate surface area is 230 Å². The summed E-state index contributed by atoms with van der Waals surface area (Å²) in [6.45, 7) is 8.64. The van der Waals surface area contributed by atoms with E-state index in [1.54, 1.807) is 4.90 Å². The number of aromatic nitrogens is 2. The first-order chi connectivity index (χ1) is 18.6. The Hall–Kier alpha value is -3.11. The molecule has 1 saturated carbocycles. The minimum absolute atomic E-state index is 0.0984. The summed E-state index contributed by atoms with van der Waals surface area (Å²) in [5.74, 6) is 0.677. The number of nitrogens with one attached hydrogen (secondary N) is 2. The molecule has 1 saturated heterocycles. The average Bonchev–Trinajstić information content (AvgIpc) is 3.65. The first kappa shape index (κ1) is 27.5. The lowest BCUT2D eigenvalue weighted by atomic mass is 9.79. The Bertz CT molecular complexity index is 1200. The van der Waals surface area contributed by atoms with E-state index in [0.717, 1.165) is 48.8 Å². The molecule has 208 valence electrons. The molecule has 1 unspecified atom stereocenters. The second-order valence-electron chi connectivity index (χ2n) is 11.8. The maximum Gasteiger partial charge on any atom is 0.494 e. The molecular formula is C29H39BN4O5. The van der Waals surface area contributed by atoms with Crippen LogP contribution in [0.15, 0.2) is 42.6 Å². The fourth-order valence-corrected chi connectivity index (χ4v) is 5.63. The maximum atomic E-state index is 13.8. The quantitative estimate of drug-likeness (QED) is 0.427. The summed E-state index contributed by atoms with van der Waals surface area (Å²) >= 11 is 0. The average molecular weight is 534 g/mol. The summed E-state index contributed by atoms with van der Waals surface area (Å²) in [5.41, 5.74) is 1.90. The summed E-state index contributed by atoms with van der Waals surface area (Å²) in [7, 11) is 0.905. The number of hydrogen-bond acceptors (Lipinski definition) is 6. The fourth-order valence-electron chi connectivity index (χ4n) is 5.63. The van der Waals surface area contributed by atoms with Gasteiger partial charge < -0.3 is 29.2 Å². The summed E-state index contributed by atoms with van der Waals surface area (Å²) in [5, 5.41) is 2.82. The van der Waals surface area contributed by atoms with Crippen molar-refractivity contribution in [1.29, 1.82) is 0 Å². The number of methoxy groups -OCH3 is 1. The van der Waals surface area contributed by atoms with E-state index in [1.807, 2.05) is 70.3 Å². The maximum absolute atomic E-state index is 13.8. The topological polar surface area (TPSA) is 106 Å². The lowest BCUT2D eigenvalue weighted by Gasteiger charge is -2.34. The van der Waals surface area contributed by atoms with Crippen molar-refractivity contribution in [3.05, 3.63) is 48.4 Å². The summed E-state index contributed by atoms with van der Waals surface area (Å²) in [6, 6.07) is 7.08. The van der Waals surface area contributed by atoms with Crippen LogP contribution in [0.2, 0.25) is 0 Å². The van der Waals surface area contributed by atoms with Gasteiger partial charge >= 0.3 is 13.2 Å². The molecule has 10 heteroatoms. The van der Waals surface area contributed by atoms with Gasteiger partial charge in [-0.05, 0) is 51.9 Å². The molecule has 1 aromatic carbocycles. The molecule has 9 nitrogen and oxygen atoms in total. The van der Waals surface area contributed by atoms with Crippen LogP contribution in [0.25, 0.3) is 11.3 Å². The van der Waals surface area contributed by atoms with Crippen LogP contribution in [-0.4, -0.2) is 64.9 Å². The van der Waals surface area contributed by atoms with E-state index in [0.29, 0.717) is 12.4 Å². The van der Waals surface area contributed by atoms with Crippen LogP contribution >= 0.6 is 0 Å². The number of hydrogen-bond donors (Lipinski definition) is 2. The Morgan fingerprint density at radius 2 is 1.77 bits per heavy atom. The van der Waals surface area contributed by atoms with Crippen LogP contribution in [0.4, 0.5) is 4.79 Å². The van der Waals surface area contributed by atoms with E-state index < -0.39 is 30.5 Å². The Kier molecular flexibility index (Phi) is 7.61. The highest BCUT2D eigenvalue weighted by molar-refractivity contribution is 6.62. The van der Waals surface area contributed by atoms with Crippen molar-refractivity contribution in [2.24, 2.45) is 5.92 Å². The van der Waals surface area contributed by atoms with Crippen LogP contribution in [0.1, 0.15) is 71.7 Å². The zero-order valence-corrected chi connectivity index (χ0v) is 23.5. The van der Waals surface area contributed by atoms with Gasteiger partial charge in [0.05, 0.1) is 24.0 Å². The SMILES string of the molecule is COC(=O)NC(C(=O)N1CC=C[C@H]1c1nc(-c2ccc(B3OC(C)(C)C(C)(C)O3)cc2)c[nH]1)C1CCCCC1. The van der Waals surface area contributed by atoms with Crippen molar-refractivity contribution in [3.8, 4) is 11.3 Å². The summed E-state index contributed by atoms with van der Waals surface area (Å²) in [6.07, 6.45) is 10.4. The highest BCUT2D eigenvalue weighted by atomic mass is 16.7. The van der Waals surface area contributed by atoms with Crippen molar-refractivity contribution in [2.45, 2.75) is 83.1 Å². The van der Waals surface area contributed by atoms with Crippen molar-refractivity contribution in [2.75, 3.05) is 13.7 Å². The monoisotopic (exact) mass is 534 g/mol. The minimum atomic E-state index is -0.614. The molecular weight excluding hydrogens is 495 g/mol. The van der Waals surface area contributed by atoms with Crippen molar-refractivity contribution in [3.63, 3.8) is 0 Å². The van der Waals surface area contributed by atoms with Crippen molar-refractivity contribution in [1.82, 2.24) is 20.2 Å². The van der Waals surface area contributed by atoms with Gasteiger partial charge in [0.25, 0.3) is 0 Å². The molecule has 0 radical (unpaired) electrons. The molecule has 3 heterocycles. The van der Waals surface area contributed by atoms with Gasteiger partial charge in [-0.3, -0.25) is 4.79 Å². The number of aromatic amines is 1. The number of benzene rings is 1. The first-order valence-electron chi connectivity index (χ1n) is 13.9.